The van der Waals surface area contributed by atoms with E-state index in [1.807, 2.05) is 18.2 Å². The number of pyridine rings is 1. The van der Waals surface area contributed by atoms with Gasteiger partial charge in [0, 0.05) is 35.8 Å². The smallest absolute Gasteiger partial charge is 0.131 e. The number of nitrogens with one attached hydrogen (secondary N) is 1. The molecule has 1 aromatic carbocycles. The number of nitrogen functional groups attached to an aromatic ring is 1. The van der Waals surface area contributed by atoms with Gasteiger partial charge in [0.25, 0.3) is 0 Å². The highest BCUT2D eigenvalue weighted by molar-refractivity contribution is 5.99. The average Bonchev–Trinajstić information content (AvgIpc) is 2.45. The molecule has 4 nitrogen and oxygen atoms in total. The van der Waals surface area contributed by atoms with Crippen molar-refractivity contribution >= 4 is 22.3 Å². The highest BCUT2D eigenvalue weighted by Crippen LogP contribution is 2.49. The summed E-state index contributed by atoms with van der Waals surface area (Å²) in [4.78, 5) is 4.15. The third-order valence-electron chi connectivity index (χ3n) is 4.80. The summed E-state index contributed by atoms with van der Waals surface area (Å²) >= 11 is 0. The van der Waals surface area contributed by atoms with Crippen LogP contribution in [0.25, 0.3) is 10.8 Å². The molecule has 20 heavy (non-hydrogen) atoms. The normalized spacial score (nSPS) is 28.1. The lowest BCUT2D eigenvalue weighted by Gasteiger charge is -2.52. The Labute approximate surface area is 118 Å². The molecule has 2 bridgehead atoms. The van der Waals surface area contributed by atoms with Crippen LogP contribution in [0.1, 0.15) is 19.3 Å². The first-order chi connectivity index (χ1) is 9.76. The van der Waals surface area contributed by atoms with Crippen molar-refractivity contribution in [3.63, 3.8) is 0 Å². The van der Waals surface area contributed by atoms with Crippen molar-refractivity contribution in [1.82, 2.24) is 4.98 Å². The Morgan fingerprint density at radius 3 is 3.00 bits per heavy atom. The van der Waals surface area contributed by atoms with E-state index in [-0.39, 0.29) is 0 Å². The fourth-order valence-electron chi connectivity index (χ4n) is 3.57. The zero-order valence-corrected chi connectivity index (χ0v) is 11.4. The van der Waals surface area contributed by atoms with Crippen LogP contribution in [0.3, 0.4) is 0 Å². The Kier molecular flexibility index (Phi) is 2.60. The first-order valence-electron chi connectivity index (χ1n) is 7.25. The number of benzene rings is 1. The maximum absolute atomic E-state index is 5.94. The second kappa shape index (κ2) is 4.35. The number of hydrogen-bond acceptors (Lipinski definition) is 4. The van der Waals surface area contributed by atoms with Crippen LogP contribution >= 0.6 is 0 Å². The van der Waals surface area contributed by atoms with Crippen LogP contribution in [-0.2, 0) is 4.74 Å². The van der Waals surface area contributed by atoms with Crippen molar-refractivity contribution < 1.29 is 4.74 Å². The van der Waals surface area contributed by atoms with Gasteiger partial charge in [0.1, 0.15) is 5.82 Å². The fourth-order valence-corrected chi connectivity index (χ4v) is 3.57. The second-order valence-electron chi connectivity index (χ2n) is 6.10. The summed E-state index contributed by atoms with van der Waals surface area (Å²) in [5.41, 5.74) is 7.54. The molecule has 2 aromatic rings. The molecule has 0 unspecified atom stereocenters. The number of fused-ring (bicyclic) bond motifs is 3. The van der Waals surface area contributed by atoms with Crippen molar-refractivity contribution in [2.45, 2.75) is 25.4 Å². The highest BCUT2D eigenvalue weighted by Gasteiger charge is 2.47. The highest BCUT2D eigenvalue weighted by atomic mass is 16.5. The van der Waals surface area contributed by atoms with Crippen molar-refractivity contribution in [1.29, 1.82) is 0 Å². The molecule has 5 rings (SSSR count). The summed E-state index contributed by atoms with van der Waals surface area (Å²) in [6.07, 6.45) is 5.86. The lowest BCUT2D eigenvalue weighted by Crippen LogP contribution is -2.51. The van der Waals surface area contributed by atoms with Crippen molar-refractivity contribution in [3.8, 4) is 0 Å². The van der Waals surface area contributed by atoms with Gasteiger partial charge >= 0.3 is 0 Å². The van der Waals surface area contributed by atoms with Crippen molar-refractivity contribution in [2.24, 2.45) is 5.41 Å². The molecule has 0 spiro atoms. The van der Waals surface area contributed by atoms with Crippen LogP contribution in [0.4, 0.5) is 11.5 Å². The van der Waals surface area contributed by atoms with Crippen LogP contribution in [0.15, 0.2) is 30.5 Å². The molecule has 1 aromatic heterocycles. The minimum atomic E-state index is 0.448. The number of hydrogen-bond donors (Lipinski definition) is 2. The van der Waals surface area contributed by atoms with Crippen molar-refractivity contribution in [3.05, 3.63) is 30.5 Å². The lowest BCUT2D eigenvalue weighted by atomic mass is 9.63. The van der Waals surface area contributed by atoms with Crippen LogP contribution in [-0.4, -0.2) is 24.2 Å². The minimum absolute atomic E-state index is 0.448. The molecule has 0 radical (unpaired) electrons. The van der Waals surface area contributed by atoms with Gasteiger partial charge in [-0.05, 0) is 36.8 Å². The summed E-state index contributed by atoms with van der Waals surface area (Å²) in [5.74, 6) is 0.596. The quantitative estimate of drug-likeness (QED) is 0.899. The SMILES string of the molecule is Nc1nccc2c(NCC34CCOC(C3)C4)cccc12. The Bertz CT molecular complexity index is 644. The molecule has 1 saturated carbocycles. The lowest BCUT2D eigenvalue weighted by molar-refractivity contribution is -0.140. The molecule has 3 fully saturated rings. The Morgan fingerprint density at radius 1 is 1.30 bits per heavy atom. The van der Waals surface area contributed by atoms with Gasteiger partial charge in [-0.2, -0.15) is 0 Å². The number of rotatable bonds is 3. The van der Waals surface area contributed by atoms with Gasteiger partial charge in [0.15, 0.2) is 0 Å². The molecule has 3 heterocycles. The molecule has 0 amide bonds. The molecule has 3 N–H and O–H groups in total. The van der Waals surface area contributed by atoms with Gasteiger partial charge in [-0.1, -0.05) is 12.1 Å². The third kappa shape index (κ3) is 1.83. The zero-order valence-electron chi connectivity index (χ0n) is 11.4. The maximum Gasteiger partial charge on any atom is 0.131 e. The molecular formula is C16H19N3O. The van der Waals surface area contributed by atoms with E-state index in [2.05, 4.69) is 16.4 Å². The van der Waals surface area contributed by atoms with Gasteiger partial charge in [-0.25, -0.2) is 4.98 Å². The molecule has 1 aliphatic carbocycles. The summed E-state index contributed by atoms with van der Waals surface area (Å²) in [5, 5.41) is 5.80. The van der Waals surface area contributed by atoms with Gasteiger partial charge in [0.2, 0.25) is 0 Å². The maximum atomic E-state index is 5.94. The summed E-state index contributed by atoms with van der Waals surface area (Å²) < 4.78 is 5.65. The molecule has 2 aliphatic heterocycles. The largest absolute Gasteiger partial charge is 0.384 e. The topological polar surface area (TPSA) is 60.2 Å². The van der Waals surface area contributed by atoms with E-state index in [4.69, 9.17) is 10.5 Å². The summed E-state index contributed by atoms with van der Waals surface area (Å²) in [7, 11) is 0. The minimum Gasteiger partial charge on any atom is -0.384 e. The molecule has 2 saturated heterocycles. The number of ether oxygens (including phenoxy) is 1. The van der Waals surface area contributed by atoms with E-state index in [0.29, 0.717) is 17.3 Å². The van der Waals surface area contributed by atoms with Gasteiger partial charge in [0.05, 0.1) is 6.10 Å². The molecule has 4 heteroatoms. The van der Waals surface area contributed by atoms with E-state index in [1.54, 1.807) is 6.20 Å². The van der Waals surface area contributed by atoms with Crippen LogP contribution < -0.4 is 11.1 Å². The summed E-state index contributed by atoms with van der Waals surface area (Å²) in [6.45, 7) is 1.94. The first kappa shape index (κ1) is 12.0. The Morgan fingerprint density at radius 2 is 2.20 bits per heavy atom. The predicted octanol–water partition coefficient (Wildman–Crippen LogP) is 2.80. The van der Waals surface area contributed by atoms with Crippen LogP contribution in [0.2, 0.25) is 0 Å². The second-order valence-corrected chi connectivity index (χ2v) is 6.10. The monoisotopic (exact) mass is 269 g/mol. The zero-order chi connectivity index (χ0) is 13.6. The Balaban J connectivity index is 1.58. The standard InChI is InChI=1S/C16H19N3O/c17-15-13-2-1-3-14(12(13)4-6-18-15)19-10-16-5-7-20-11(8-16)9-16/h1-4,6,11,19H,5,7-10H2,(H2,17,18). The van der Waals surface area contributed by atoms with Crippen LogP contribution in [0, 0.1) is 5.41 Å². The van der Waals surface area contributed by atoms with Crippen molar-refractivity contribution in [2.75, 3.05) is 24.2 Å². The van der Waals surface area contributed by atoms with E-state index in [1.165, 1.54) is 19.3 Å². The average molecular weight is 269 g/mol. The van der Waals surface area contributed by atoms with E-state index in [0.717, 1.165) is 29.6 Å². The van der Waals surface area contributed by atoms with E-state index >= 15 is 0 Å². The summed E-state index contributed by atoms with van der Waals surface area (Å²) in [6, 6.07) is 8.20. The predicted molar refractivity (Wildman–Crippen MR) is 80.7 cm³/mol. The molecular weight excluding hydrogens is 250 g/mol. The van der Waals surface area contributed by atoms with Gasteiger partial charge < -0.3 is 15.8 Å². The number of nitrogens with zero attached hydrogens (tertiary/aromatic N) is 1. The van der Waals surface area contributed by atoms with Gasteiger partial charge in [-0.3, -0.25) is 0 Å². The van der Waals surface area contributed by atoms with E-state index < -0.39 is 0 Å². The first-order valence-corrected chi connectivity index (χ1v) is 7.25. The third-order valence-corrected chi connectivity index (χ3v) is 4.80. The van der Waals surface area contributed by atoms with Crippen LogP contribution in [0.5, 0.6) is 0 Å². The number of nitrogens with two attached hydrogens (primary N) is 1. The van der Waals surface area contributed by atoms with E-state index in [9.17, 15) is 0 Å². The number of aromatic nitrogens is 1. The fraction of sp³-hybridized carbons (Fsp3) is 0.438. The molecule has 104 valence electrons. The molecule has 3 aliphatic rings. The Hall–Kier alpha value is -1.81. The number of anilines is 2. The molecule has 0 atom stereocenters. The van der Waals surface area contributed by atoms with Gasteiger partial charge in [-0.15, -0.1) is 0 Å².